The van der Waals surface area contributed by atoms with Crippen molar-refractivity contribution in [3.8, 4) is 0 Å². The van der Waals surface area contributed by atoms with Crippen LogP contribution in [0.4, 0.5) is 4.39 Å². The van der Waals surface area contributed by atoms with Gasteiger partial charge in [-0.1, -0.05) is 36.4 Å². The minimum Gasteiger partial charge on any atom is -0.376 e. The summed E-state index contributed by atoms with van der Waals surface area (Å²) in [5.41, 5.74) is 1.61. The molecular formula is C22H21FN2O3. The molecule has 0 spiro atoms. The number of halogens is 1. The van der Waals surface area contributed by atoms with Gasteiger partial charge in [-0.3, -0.25) is 9.59 Å². The van der Waals surface area contributed by atoms with Crippen molar-refractivity contribution in [2.24, 2.45) is 0 Å². The van der Waals surface area contributed by atoms with Crippen molar-refractivity contribution in [2.75, 3.05) is 13.2 Å². The summed E-state index contributed by atoms with van der Waals surface area (Å²) >= 11 is 0. The Morgan fingerprint density at radius 1 is 1.14 bits per heavy atom. The van der Waals surface area contributed by atoms with Crippen molar-refractivity contribution in [1.29, 1.82) is 0 Å². The maximum Gasteiger partial charge on any atom is 0.292 e. The number of hydrogen-bond donors (Lipinski definition) is 1. The molecule has 144 valence electrons. The van der Waals surface area contributed by atoms with E-state index in [2.05, 4.69) is 5.32 Å². The van der Waals surface area contributed by atoms with Gasteiger partial charge in [0.15, 0.2) is 0 Å². The molecule has 1 aromatic heterocycles. The Labute approximate surface area is 162 Å². The number of carbonyl (C=O) groups excluding carboxylic acids is 2. The number of carbonyl (C=O) groups is 2. The van der Waals surface area contributed by atoms with Gasteiger partial charge in [0.2, 0.25) is 0 Å². The fourth-order valence-corrected chi connectivity index (χ4v) is 3.58. The Hall–Kier alpha value is -2.99. The van der Waals surface area contributed by atoms with E-state index in [1.165, 1.54) is 6.07 Å². The smallest absolute Gasteiger partial charge is 0.292 e. The van der Waals surface area contributed by atoms with E-state index in [-0.39, 0.29) is 18.5 Å². The van der Waals surface area contributed by atoms with Gasteiger partial charge in [-0.2, -0.15) is 0 Å². The van der Waals surface area contributed by atoms with Gasteiger partial charge in [0.05, 0.1) is 18.2 Å². The average molecular weight is 380 g/mol. The molecular weight excluding hydrogens is 359 g/mol. The number of fused-ring (bicyclic) bond motifs is 1. The topological polar surface area (TPSA) is 60.3 Å². The van der Waals surface area contributed by atoms with Gasteiger partial charge >= 0.3 is 0 Å². The Morgan fingerprint density at radius 3 is 2.71 bits per heavy atom. The molecule has 0 aliphatic carbocycles. The van der Waals surface area contributed by atoms with Gasteiger partial charge in [-0.05, 0) is 25.0 Å². The number of benzene rings is 2. The Bertz CT molecular complexity index is 1020. The molecule has 0 unspecified atom stereocenters. The Morgan fingerprint density at radius 2 is 1.93 bits per heavy atom. The summed E-state index contributed by atoms with van der Waals surface area (Å²) in [5, 5.41) is 3.35. The Balaban J connectivity index is 1.59. The molecule has 1 saturated heterocycles. The minimum absolute atomic E-state index is 0.0286. The highest BCUT2D eigenvalue weighted by atomic mass is 19.1. The summed E-state index contributed by atoms with van der Waals surface area (Å²) in [5.74, 6) is -1.55. The van der Waals surface area contributed by atoms with Gasteiger partial charge in [0.25, 0.3) is 11.7 Å². The van der Waals surface area contributed by atoms with Crippen LogP contribution in [0.15, 0.2) is 54.7 Å². The number of rotatable bonds is 6. The van der Waals surface area contributed by atoms with E-state index in [1.807, 2.05) is 18.2 Å². The molecule has 1 aliphatic rings. The average Bonchev–Trinajstić information content (AvgIpc) is 3.36. The second-order valence-corrected chi connectivity index (χ2v) is 6.95. The first-order valence-corrected chi connectivity index (χ1v) is 9.39. The van der Waals surface area contributed by atoms with E-state index in [1.54, 1.807) is 35.0 Å². The highest BCUT2D eigenvalue weighted by Gasteiger charge is 2.23. The van der Waals surface area contributed by atoms with E-state index in [9.17, 15) is 14.0 Å². The van der Waals surface area contributed by atoms with Crippen molar-refractivity contribution < 1.29 is 18.7 Å². The maximum absolute atomic E-state index is 14.1. The van der Waals surface area contributed by atoms with Crippen LogP contribution in [0.2, 0.25) is 0 Å². The summed E-state index contributed by atoms with van der Waals surface area (Å²) in [6.07, 6.45) is 3.46. The molecule has 2 heterocycles. The van der Waals surface area contributed by atoms with Crippen LogP contribution in [-0.2, 0) is 16.1 Å². The third kappa shape index (κ3) is 3.68. The summed E-state index contributed by atoms with van der Waals surface area (Å²) in [6.45, 7) is 1.30. The molecule has 28 heavy (non-hydrogen) atoms. The molecule has 1 aliphatic heterocycles. The van der Waals surface area contributed by atoms with Crippen molar-refractivity contribution in [1.82, 2.24) is 9.88 Å². The second-order valence-electron chi connectivity index (χ2n) is 6.95. The first kappa shape index (κ1) is 18.4. The van der Waals surface area contributed by atoms with Crippen LogP contribution < -0.4 is 5.32 Å². The predicted molar refractivity (Wildman–Crippen MR) is 104 cm³/mol. The summed E-state index contributed by atoms with van der Waals surface area (Å²) in [6, 6.07) is 13.9. The number of amides is 1. The largest absolute Gasteiger partial charge is 0.376 e. The molecule has 1 fully saturated rings. The number of para-hydroxylation sites is 1. The van der Waals surface area contributed by atoms with Crippen molar-refractivity contribution >= 4 is 22.6 Å². The second kappa shape index (κ2) is 7.94. The van der Waals surface area contributed by atoms with Gasteiger partial charge in [0.1, 0.15) is 5.82 Å². The van der Waals surface area contributed by atoms with Gasteiger partial charge in [-0.15, -0.1) is 0 Å². The standard InChI is InChI=1S/C22H21FN2O3/c23-19-9-3-1-6-15(19)13-25-14-18(17-8-2-4-10-20(17)25)21(26)22(27)24-12-16-7-5-11-28-16/h1-4,6,8-10,14,16H,5,7,11-13H2,(H,24,27)/t16-/m1/s1. The number of ether oxygens (including phenoxy) is 1. The van der Waals surface area contributed by atoms with Crippen LogP contribution in [0.1, 0.15) is 28.8 Å². The fourth-order valence-electron chi connectivity index (χ4n) is 3.58. The monoisotopic (exact) mass is 380 g/mol. The SMILES string of the molecule is O=C(NC[C@H]1CCCO1)C(=O)c1cn(Cc2ccccc2F)c2ccccc12. The molecule has 1 amide bonds. The van der Waals surface area contributed by atoms with E-state index >= 15 is 0 Å². The number of hydrogen-bond acceptors (Lipinski definition) is 3. The molecule has 6 heteroatoms. The molecule has 3 aromatic rings. The highest BCUT2D eigenvalue weighted by molar-refractivity contribution is 6.45. The fraction of sp³-hybridized carbons (Fsp3) is 0.273. The van der Waals surface area contributed by atoms with Crippen molar-refractivity contribution in [2.45, 2.75) is 25.5 Å². The molecule has 4 rings (SSSR count). The first-order valence-electron chi connectivity index (χ1n) is 9.39. The zero-order valence-electron chi connectivity index (χ0n) is 15.4. The Kier molecular flexibility index (Phi) is 5.21. The lowest BCUT2D eigenvalue weighted by molar-refractivity contribution is -0.117. The van der Waals surface area contributed by atoms with Gasteiger partial charge < -0.3 is 14.6 Å². The number of nitrogens with zero attached hydrogens (tertiary/aromatic N) is 1. The quantitative estimate of drug-likeness (QED) is 0.527. The predicted octanol–water partition coefficient (Wildman–Crippen LogP) is 3.31. The molecule has 0 saturated carbocycles. The minimum atomic E-state index is -0.649. The van der Waals surface area contributed by atoms with Crippen molar-refractivity contribution in [3.63, 3.8) is 0 Å². The number of Topliss-reactive ketones (excluding diaryl/α,β-unsaturated/α-hetero) is 1. The molecule has 2 aromatic carbocycles. The van der Waals surface area contributed by atoms with E-state index < -0.39 is 11.7 Å². The lowest BCUT2D eigenvalue weighted by atomic mass is 10.1. The van der Waals surface area contributed by atoms with Crippen LogP contribution in [0, 0.1) is 5.82 Å². The summed E-state index contributed by atoms with van der Waals surface area (Å²) < 4.78 is 21.3. The molecule has 1 N–H and O–H groups in total. The highest BCUT2D eigenvalue weighted by Crippen LogP contribution is 2.23. The molecule has 5 nitrogen and oxygen atoms in total. The molecule has 1 atom stereocenters. The van der Waals surface area contributed by atoms with Crippen molar-refractivity contribution in [3.05, 3.63) is 71.7 Å². The van der Waals surface area contributed by atoms with Crippen LogP contribution in [0.3, 0.4) is 0 Å². The lowest BCUT2D eigenvalue weighted by Crippen LogP contribution is -2.36. The van der Waals surface area contributed by atoms with Crippen LogP contribution in [0.25, 0.3) is 10.9 Å². The number of aromatic nitrogens is 1. The first-order chi connectivity index (χ1) is 13.6. The zero-order valence-corrected chi connectivity index (χ0v) is 15.4. The molecule has 0 radical (unpaired) electrons. The van der Waals surface area contributed by atoms with Gasteiger partial charge in [-0.25, -0.2) is 4.39 Å². The van der Waals surface area contributed by atoms with Crippen LogP contribution in [-0.4, -0.2) is 35.5 Å². The molecule has 0 bridgehead atoms. The number of ketones is 1. The lowest BCUT2D eigenvalue weighted by Gasteiger charge is -2.09. The van der Waals surface area contributed by atoms with Crippen LogP contribution in [0.5, 0.6) is 0 Å². The maximum atomic E-state index is 14.1. The van der Waals surface area contributed by atoms with E-state index in [0.29, 0.717) is 29.7 Å². The third-order valence-corrected chi connectivity index (χ3v) is 5.05. The summed E-state index contributed by atoms with van der Waals surface area (Å²) in [4.78, 5) is 25.1. The van der Waals surface area contributed by atoms with Crippen LogP contribution >= 0.6 is 0 Å². The van der Waals surface area contributed by atoms with E-state index in [4.69, 9.17) is 4.74 Å². The summed E-state index contributed by atoms with van der Waals surface area (Å²) in [7, 11) is 0. The zero-order chi connectivity index (χ0) is 19.5. The normalized spacial score (nSPS) is 16.4. The third-order valence-electron chi connectivity index (χ3n) is 5.05. The van der Waals surface area contributed by atoms with Gasteiger partial charge in [0, 0.05) is 35.8 Å². The van der Waals surface area contributed by atoms with E-state index in [0.717, 1.165) is 18.4 Å². The number of nitrogens with one attached hydrogen (secondary N) is 1.